The Morgan fingerprint density at radius 1 is 1.27 bits per heavy atom. The van der Waals surface area contributed by atoms with Crippen molar-refractivity contribution in [3.05, 3.63) is 29.8 Å². The molecule has 1 fully saturated rings. The zero-order chi connectivity index (χ0) is 18.5. The maximum Gasteiger partial charge on any atom is 0.249 e. The molecule has 3 rings (SSSR count). The van der Waals surface area contributed by atoms with E-state index >= 15 is 0 Å². The van der Waals surface area contributed by atoms with Crippen LogP contribution in [0.2, 0.25) is 0 Å². The van der Waals surface area contributed by atoms with Crippen LogP contribution in [0.15, 0.2) is 24.3 Å². The Labute approximate surface area is 153 Å². The molecule has 0 spiro atoms. The van der Waals surface area contributed by atoms with Crippen molar-refractivity contribution >= 4 is 11.8 Å². The van der Waals surface area contributed by atoms with E-state index in [0.29, 0.717) is 39.3 Å². The highest BCUT2D eigenvalue weighted by atomic mass is 16.5. The number of methoxy groups -OCH3 is 2. The van der Waals surface area contributed by atoms with Gasteiger partial charge in [-0.1, -0.05) is 18.2 Å². The number of hydrogen-bond donors (Lipinski definition) is 0. The third kappa shape index (κ3) is 3.83. The minimum Gasteiger partial charge on any atom is -0.493 e. The molecule has 0 unspecified atom stereocenters. The molecule has 7 heteroatoms. The Balaban J connectivity index is 1.93. The number of carbonyl (C=O) groups excluding carboxylic acids is 2. The summed E-state index contributed by atoms with van der Waals surface area (Å²) in [5.41, 5.74) is 0.995. The summed E-state index contributed by atoms with van der Waals surface area (Å²) in [5, 5.41) is 0. The SMILES string of the molecule is COCCN1C[C@H]2COc3ccccc3[C@H]2N(C(=O)COC)CCC1=O. The number of para-hydroxylation sites is 1. The maximum atomic E-state index is 12.7. The van der Waals surface area contributed by atoms with E-state index in [1.54, 1.807) is 12.0 Å². The molecule has 2 aliphatic rings. The van der Waals surface area contributed by atoms with Gasteiger partial charge in [0.2, 0.25) is 11.8 Å². The van der Waals surface area contributed by atoms with Gasteiger partial charge in [-0.25, -0.2) is 0 Å². The number of rotatable bonds is 5. The first-order valence-electron chi connectivity index (χ1n) is 8.92. The summed E-state index contributed by atoms with van der Waals surface area (Å²) >= 11 is 0. The molecule has 0 N–H and O–H groups in total. The van der Waals surface area contributed by atoms with Gasteiger partial charge in [-0.3, -0.25) is 9.59 Å². The molecular formula is C19H26N2O5. The monoisotopic (exact) mass is 362 g/mol. The zero-order valence-electron chi connectivity index (χ0n) is 15.3. The molecule has 2 aliphatic heterocycles. The fourth-order valence-electron chi connectivity index (χ4n) is 3.78. The van der Waals surface area contributed by atoms with E-state index in [9.17, 15) is 9.59 Å². The fraction of sp³-hybridized carbons (Fsp3) is 0.579. The normalized spacial score (nSPS) is 22.8. The highest BCUT2D eigenvalue weighted by Gasteiger charge is 2.40. The van der Waals surface area contributed by atoms with Gasteiger partial charge in [-0.05, 0) is 6.07 Å². The van der Waals surface area contributed by atoms with Crippen LogP contribution in [-0.2, 0) is 19.1 Å². The van der Waals surface area contributed by atoms with Crippen LogP contribution in [-0.4, -0.2) is 75.3 Å². The summed E-state index contributed by atoms with van der Waals surface area (Å²) in [5.74, 6) is 0.748. The lowest BCUT2D eigenvalue weighted by Gasteiger charge is -2.44. The number of nitrogens with zero attached hydrogens (tertiary/aromatic N) is 2. The Kier molecular flexibility index (Phi) is 6.11. The van der Waals surface area contributed by atoms with Crippen LogP contribution in [0.25, 0.3) is 0 Å². The van der Waals surface area contributed by atoms with Gasteiger partial charge in [0.15, 0.2) is 0 Å². The van der Waals surface area contributed by atoms with Crippen LogP contribution >= 0.6 is 0 Å². The van der Waals surface area contributed by atoms with Crippen LogP contribution in [0, 0.1) is 5.92 Å². The van der Waals surface area contributed by atoms with Crippen LogP contribution in [0.4, 0.5) is 0 Å². The zero-order valence-corrected chi connectivity index (χ0v) is 15.3. The Morgan fingerprint density at radius 2 is 2.08 bits per heavy atom. The summed E-state index contributed by atoms with van der Waals surface area (Å²) in [6.45, 7) is 2.43. The smallest absolute Gasteiger partial charge is 0.249 e. The van der Waals surface area contributed by atoms with E-state index in [4.69, 9.17) is 14.2 Å². The molecule has 0 aliphatic carbocycles. The minimum absolute atomic E-state index is 0.00631. The van der Waals surface area contributed by atoms with Gasteiger partial charge in [-0.15, -0.1) is 0 Å². The van der Waals surface area contributed by atoms with Gasteiger partial charge in [0.1, 0.15) is 12.4 Å². The molecule has 0 bridgehead atoms. The predicted molar refractivity (Wildman–Crippen MR) is 94.8 cm³/mol. The van der Waals surface area contributed by atoms with Crippen LogP contribution in [0.3, 0.4) is 0 Å². The second-order valence-corrected chi connectivity index (χ2v) is 6.66. The Morgan fingerprint density at radius 3 is 2.85 bits per heavy atom. The first-order chi connectivity index (χ1) is 12.7. The fourth-order valence-corrected chi connectivity index (χ4v) is 3.78. The standard InChI is InChI=1S/C19H26N2O5/c1-24-10-9-20-11-14-12-26-16-6-4-3-5-15(16)19(14)21(8-7-17(20)22)18(23)13-25-2/h3-6,14,19H,7-13H2,1-2H3/t14-,19-/m0/s1. The molecular weight excluding hydrogens is 336 g/mol. The molecule has 1 aromatic carbocycles. The van der Waals surface area contributed by atoms with Crippen molar-refractivity contribution in [3.63, 3.8) is 0 Å². The van der Waals surface area contributed by atoms with Crippen molar-refractivity contribution in [3.8, 4) is 5.75 Å². The van der Waals surface area contributed by atoms with Crippen molar-refractivity contribution in [1.29, 1.82) is 0 Å². The third-order valence-electron chi connectivity index (χ3n) is 5.00. The number of fused-ring (bicyclic) bond motifs is 3. The van der Waals surface area contributed by atoms with Crippen molar-refractivity contribution in [2.75, 3.05) is 53.7 Å². The molecule has 1 saturated heterocycles. The first-order valence-corrected chi connectivity index (χ1v) is 8.92. The maximum absolute atomic E-state index is 12.7. The highest BCUT2D eigenvalue weighted by molar-refractivity contribution is 5.81. The highest BCUT2D eigenvalue weighted by Crippen LogP contribution is 2.40. The van der Waals surface area contributed by atoms with E-state index in [1.165, 1.54) is 7.11 Å². The molecule has 0 saturated carbocycles. The van der Waals surface area contributed by atoms with Gasteiger partial charge in [0.05, 0.1) is 19.3 Å². The summed E-state index contributed by atoms with van der Waals surface area (Å²) in [6.07, 6.45) is 0.297. The third-order valence-corrected chi connectivity index (χ3v) is 5.00. The summed E-state index contributed by atoms with van der Waals surface area (Å²) in [4.78, 5) is 28.9. The van der Waals surface area contributed by atoms with Crippen molar-refractivity contribution in [1.82, 2.24) is 9.80 Å². The molecule has 1 aromatic rings. The number of carbonyl (C=O) groups is 2. The van der Waals surface area contributed by atoms with E-state index in [0.717, 1.165) is 11.3 Å². The minimum atomic E-state index is -0.124. The van der Waals surface area contributed by atoms with Crippen LogP contribution < -0.4 is 4.74 Å². The quantitative estimate of drug-likeness (QED) is 0.784. The second-order valence-electron chi connectivity index (χ2n) is 6.66. The van der Waals surface area contributed by atoms with Crippen molar-refractivity contribution < 1.29 is 23.8 Å². The lowest BCUT2D eigenvalue weighted by Crippen LogP contribution is -2.52. The average molecular weight is 362 g/mol. The lowest BCUT2D eigenvalue weighted by molar-refractivity contribution is -0.145. The number of ether oxygens (including phenoxy) is 3. The molecule has 2 amide bonds. The van der Waals surface area contributed by atoms with Crippen LogP contribution in [0.5, 0.6) is 5.75 Å². The topological polar surface area (TPSA) is 68.3 Å². The second kappa shape index (κ2) is 8.51. The molecule has 2 atom stereocenters. The van der Waals surface area contributed by atoms with E-state index in [-0.39, 0.29) is 30.4 Å². The van der Waals surface area contributed by atoms with E-state index < -0.39 is 0 Å². The summed E-state index contributed by atoms with van der Waals surface area (Å²) in [7, 11) is 3.14. The van der Waals surface area contributed by atoms with E-state index in [2.05, 4.69) is 0 Å². The molecule has 142 valence electrons. The van der Waals surface area contributed by atoms with Gasteiger partial charge in [0.25, 0.3) is 0 Å². The van der Waals surface area contributed by atoms with Crippen molar-refractivity contribution in [2.24, 2.45) is 5.92 Å². The van der Waals surface area contributed by atoms with Gasteiger partial charge >= 0.3 is 0 Å². The summed E-state index contributed by atoms with van der Waals surface area (Å²) < 4.78 is 16.1. The van der Waals surface area contributed by atoms with Crippen LogP contribution in [0.1, 0.15) is 18.0 Å². The lowest BCUT2D eigenvalue weighted by atomic mass is 9.87. The molecule has 0 aromatic heterocycles. The molecule has 0 radical (unpaired) electrons. The average Bonchev–Trinajstić information content (AvgIpc) is 2.64. The van der Waals surface area contributed by atoms with Gasteiger partial charge in [-0.2, -0.15) is 0 Å². The van der Waals surface area contributed by atoms with Crippen molar-refractivity contribution in [2.45, 2.75) is 12.5 Å². The molecule has 2 heterocycles. The number of benzene rings is 1. The first kappa shape index (κ1) is 18.7. The summed E-state index contributed by atoms with van der Waals surface area (Å²) in [6, 6.07) is 7.69. The predicted octanol–water partition coefficient (Wildman–Crippen LogP) is 1.09. The molecule has 26 heavy (non-hydrogen) atoms. The molecule has 7 nitrogen and oxygen atoms in total. The van der Waals surface area contributed by atoms with E-state index in [1.807, 2.05) is 29.2 Å². The number of hydrogen-bond acceptors (Lipinski definition) is 5. The van der Waals surface area contributed by atoms with Gasteiger partial charge in [0, 0.05) is 51.8 Å². The number of amides is 2. The Hall–Kier alpha value is -2.12. The van der Waals surface area contributed by atoms with Gasteiger partial charge < -0.3 is 24.0 Å². The largest absolute Gasteiger partial charge is 0.493 e. The Bertz CT molecular complexity index is 651.